The maximum atomic E-state index is 12.7. The van der Waals surface area contributed by atoms with E-state index in [0.29, 0.717) is 36.0 Å². The van der Waals surface area contributed by atoms with Gasteiger partial charge in [0.25, 0.3) is 10.0 Å². The fraction of sp³-hybridized carbons (Fsp3) is 0.250. The van der Waals surface area contributed by atoms with Crippen LogP contribution in [0.2, 0.25) is 0 Å². The van der Waals surface area contributed by atoms with E-state index in [-0.39, 0.29) is 24.3 Å². The van der Waals surface area contributed by atoms with Gasteiger partial charge in [-0.25, -0.2) is 17.9 Å². The minimum absolute atomic E-state index is 0.111. The van der Waals surface area contributed by atoms with Crippen molar-refractivity contribution in [3.8, 4) is 11.5 Å². The van der Waals surface area contributed by atoms with Crippen LogP contribution in [-0.2, 0) is 19.6 Å². The minimum Gasteiger partial charge on any atom is -0.454 e. The predicted molar refractivity (Wildman–Crippen MR) is 113 cm³/mol. The Kier molecular flexibility index (Phi) is 5.61. The van der Waals surface area contributed by atoms with Crippen molar-refractivity contribution in [1.82, 2.24) is 9.62 Å². The summed E-state index contributed by atoms with van der Waals surface area (Å²) >= 11 is 0. The maximum absolute atomic E-state index is 12.7. The third-order valence-electron chi connectivity index (χ3n) is 4.82. The molecule has 0 unspecified atom stereocenters. The Morgan fingerprint density at radius 2 is 1.75 bits per heavy atom. The van der Waals surface area contributed by atoms with Crippen LogP contribution in [0.1, 0.15) is 6.92 Å². The summed E-state index contributed by atoms with van der Waals surface area (Å²) in [4.78, 5) is 39.0. The molecule has 2 aromatic carbocycles. The number of urea groups is 1. The molecule has 0 bridgehead atoms. The van der Waals surface area contributed by atoms with Gasteiger partial charge in [0.05, 0.1) is 4.90 Å². The average molecular weight is 460 g/mol. The summed E-state index contributed by atoms with van der Waals surface area (Å²) in [5.41, 5.74) is 1.01. The Balaban J connectivity index is 1.35. The molecule has 2 aliphatic heterocycles. The largest absolute Gasteiger partial charge is 0.454 e. The molecule has 0 radical (unpaired) electrons. The van der Waals surface area contributed by atoms with Crippen LogP contribution in [0.4, 0.5) is 16.2 Å². The first-order valence-corrected chi connectivity index (χ1v) is 11.1. The molecule has 2 N–H and O–H groups in total. The topological polar surface area (TPSA) is 134 Å². The Labute approximate surface area is 183 Å². The van der Waals surface area contributed by atoms with Crippen LogP contribution < -0.4 is 24.4 Å². The molecule has 4 amide bonds. The lowest BCUT2D eigenvalue weighted by Gasteiger charge is -2.18. The molecule has 1 saturated heterocycles. The Bertz CT molecular complexity index is 1180. The number of fused-ring (bicyclic) bond motifs is 1. The first kappa shape index (κ1) is 21.4. The van der Waals surface area contributed by atoms with Gasteiger partial charge < -0.3 is 19.7 Å². The van der Waals surface area contributed by atoms with Gasteiger partial charge in [-0.2, -0.15) is 0 Å². The van der Waals surface area contributed by atoms with Crippen LogP contribution in [0.25, 0.3) is 0 Å². The number of carbonyl (C=O) groups is 3. The summed E-state index contributed by atoms with van der Waals surface area (Å²) in [7, 11) is -3.95. The molecule has 1 fully saturated rings. The quantitative estimate of drug-likeness (QED) is 0.660. The third-order valence-corrected chi connectivity index (χ3v) is 6.27. The highest BCUT2D eigenvalue weighted by atomic mass is 32.2. The van der Waals surface area contributed by atoms with Crippen LogP contribution in [0.3, 0.4) is 0 Å². The number of nitrogens with zero attached hydrogens (tertiary/aromatic N) is 2. The zero-order valence-electron chi connectivity index (χ0n) is 17.0. The van der Waals surface area contributed by atoms with Crippen molar-refractivity contribution < 1.29 is 32.3 Å². The zero-order valence-corrected chi connectivity index (χ0v) is 17.8. The molecule has 0 aliphatic carbocycles. The van der Waals surface area contributed by atoms with E-state index in [1.165, 1.54) is 29.2 Å². The van der Waals surface area contributed by atoms with Crippen molar-refractivity contribution in [3.05, 3.63) is 42.5 Å². The van der Waals surface area contributed by atoms with E-state index in [4.69, 9.17) is 9.47 Å². The summed E-state index contributed by atoms with van der Waals surface area (Å²) < 4.78 is 36.4. The molecule has 4 rings (SSSR count). The van der Waals surface area contributed by atoms with E-state index in [1.54, 1.807) is 23.1 Å². The summed E-state index contributed by atoms with van der Waals surface area (Å²) in [5, 5.41) is 2.63. The third kappa shape index (κ3) is 4.44. The van der Waals surface area contributed by atoms with Gasteiger partial charge >= 0.3 is 6.03 Å². The first-order valence-electron chi connectivity index (χ1n) is 9.62. The van der Waals surface area contributed by atoms with Gasteiger partial charge in [0, 0.05) is 37.5 Å². The second kappa shape index (κ2) is 8.38. The van der Waals surface area contributed by atoms with E-state index in [1.807, 2.05) is 4.72 Å². The van der Waals surface area contributed by atoms with Gasteiger partial charge in [0.1, 0.15) is 6.54 Å². The highest BCUT2D eigenvalue weighted by Gasteiger charge is 2.31. The van der Waals surface area contributed by atoms with Crippen molar-refractivity contribution >= 4 is 39.2 Å². The number of nitrogens with one attached hydrogen (secondary N) is 2. The molecule has 0 atom stereocenters. The molecule has 2 aromatic rings. The minimum atomic E-state index is -3.95. The fourth-order valence-electron chi connectivity index (χ4n) is 3.36. The summed E-state index contributed by atoms with van der Waals surface area (Å²) in [6.45, 7) is 1.86. The second-order valence-electron chi connectivity index (χ2n) is 7.13. The summed E-state index contributed by atoms with van der Waals surface area (Å²) in [6, 6.07) is 10.2. The smallest absolute Gasteiger partial charge is 0.325 e. The number of rotatable bonds is 6. The fourth-order valence-corrected chi connectivity index (χ4v) is 4.35. The monoisotopic (exact) mass is 460 g/mol. The van der Waals surface area contributed by atoms with E-state index >= 15 is 0 Å². The molecule has 32 heavy (non-hydrogen) atoms. The summed E-state index contributed by atoms with van der Waals surface area (Å²) in [5.74, 6) is 0.0544. The maximum Gasteiger partial charge on any atom is 0.325 e. The van der Waals surface area contributed by atoms with Crippen molar-refractivity contribution in [2.75, 3.05) is 36.6 Å². The lowest BCUT2D eigenvalue weighted by Crippen LogP contribution is -2.37. The molecular weight excluding hydrogens is 440 g/mol. The van der Waals surface area contributed by atoms with Gasteiger partial charge in [-0.15, -0.1) is 0 Å². The van der Waals surface area contributed by atoms with Crippen molar-refractivity contribution in [3.63, 3.8) is 0 Å². The molecule has 0 aromatic heterocycles. The van der Waals surface area contributed by atoms with Crippen molar-refractivity contribution in [1.29, 1.82) is 0 Å². The van der Waals surface area contributed by atoms with Crippen LogP contribution in [0, 0.1) is 0 Å². The lowest BCUT2D eigenvalue weighted by molar-refractivity contribution is -0.117. The molecule has 11 nitrogen and oxygen atoms in total. The SMILES string of the molecule is CC(=O)NS(=O)(=O)c1ccc(NC(=O)CN2CCN(c3ccc4c(c3)OCO4)C2=O)cc1. The number of hydrogen-bond acceptors (Lipinski definition) is 7. The van der Waals surface area contributed by atoms with Crippen LogP contribution in [-0.4, -0.2) is 57.6 Å². The molecule has 0 saturated carbocycles. The molecule has 2 aliphatic rings. The highest BCUT2D eigenvalue weighted by molar-refractivity contribution is 7.90. The van der Waals surface area contributed by atoms with E-state index < -0.39 is 21.8 Å². The average Bonchev–Trinajstić information content (AvgIpc) is 3.33. The van der Waals surface area contributed by atoms with Gasteiger partial charge in [-0.3, -0.25) is 14.5 Å². The van der Waals surface area contributed by atoms with Crippen LogP contribution >= 0.6 is 0 Å². The van der Waals surface area contributed by atoms with E-state index in [9.17, 15) is 22.8 Å². The Morgan fingerprint density at radius 3 is 2.47 bits per heavy atom. The number of sulfonamides is 1. The van der Waals surface area contributed by atoms with Gasteiger partial charge in [0.15, 0.2) is 11.5 Å². The van der Waals surface area contributed by atoms with Gasteiger partial charge in [-0.05, 0) is 36.4 Å². The molecule has 168 valence electrons. The molecule has 12 heteroatoms. The summed E-state index contributed by atoms with van der Waals surface area (Å²) in [6.07, 6.45) is 0. The van der Waals surface area contributed by atoms with Crippen LogP contribution in [0.5, 0.6) is 11.5 Å². The number of benzene rings is 2. The number of ether oxygens (including phenoxy) is 2. The van der Waals surface area contributed by atoms with Crippen molar-refractivity contribution in [2.45, 2.75) is 11.8 Å². The highest BCUT2D eigenvalue weighted by Crippen LogP contribution is 2.36. The Hall–Kier alpha value is -3.80. The van der Waals surface area contributed by atoms with Crippen molar-refractivity contribution in [2.24, 2.45) is 0 Å². The predicted octanol–water partition coefficient (Wildman–Crippen LogP) is 1.12. The first-order chi connectivity index (χ1) is 15.2. The van der Waals surface area contributed by atoms with Gasteiger partial charge in [0.2, 0.25) is 18.6 Å². The standard InChI is InChI=1S/C20H20N4O7S/c1-13(25)22-32(28,29)16-5-2-14(3-6-16)21-19(26)11-23-8-9-24(20(23)27)15-4-7-17-18(10-15)31-12-30-17/h2-7,10H,8-9,11-12H2,1H3,(H,21,26)(H,22,25). The normalized spacial score (nSPS) is 15.1. The second-order valence-corrected chi connectivity index (χ2v) is 8.81. The van der Waals surface area contributed by atoms with Crippen LogP contribution in [0.15, 0.2) is 47.4 Å². The number of hydrogen-bond donors (Lipinski definition) is 2. The van der Waals surface area contributed by atoms with E-state index in [0.717, 1.165) is 6.92 Å². The zero-order chi connectivity index (χ0) is 22.9. The molecule has 0 spiro atoms. The van der Waals surface area contributed by atoms with Gasteiger partial charge in [-0.1, -0.05) is 0 Å². The number of amides is 4. The number of anilines is 2. The number of carbonyl (C=O) groups excluding carboxylic acids is 3. The molecular formula is C20H20N4O7S. The lowest BCUT2D eigenvalue weighted by atomic mass is 10.2. The molecule has 2 heterocycles. The Morgan fingerprint density at radius 1 is 1.03 bits per heavy atom. The van der Waals surface area contributed by atoms with E-state index in [2.05, 4.69) is 5.32 Å².